The lowest BCUT2D eigenvalue weighted by Gasteiger charge is -2.07. The van der Waals surface area contributed by atoms with Crippen LogP contribution in [-0.4, -0.2) is 15.7 Å². The van der Waals surface area contributed by atoms with Crippen LogP contribution in [0.4, 0.5) is 11.4 Å². The highest BCUT2D eigenvalue weighted by atomic mass is 35.5. The number of amides is 1. The number of aromatic nitrogens is 2. The molecular formula is C12H13ClN4O. The van der Waals surface area contributed by atoms with Crippen molar-refractivity contribution < 1.29 is 4.79 Å². The number of anilines is 2. The largest absolute Gasteiger partial charge is 0.396 e. The van der Waals surface area contributed by atoms with Gasteiger partial charge in [0.05, 0.1) is 16.4 Å². The van der Waals surface area contributed by atoms with Crippen molar-refractivity contribution in [3.05, 3.63) is 40.7 Å². The van der Waals surface area contributed by atoms with E-state index in [1.165, 1.54) is 4.68 Å². The molecule has 1 aromatic heterocycles. The van der Waals surface area contributed by atoms with Crippen LogP contribution in [-0.2, 0) is 7.05 Å². The van der Waals surface area contributed by atoms with Crippen molar-refractivity contribution in [2.75, 3.05) is 11.1 Å². The Hall–Kier alpha value is -2.01. The average Bonchev–Trinajstić information content (AvgIpc) is 2.63. The molecule has 3 N–H and O–H groups in total. The van der Waals surface area contributed by atoms with E-state index in [4.69, 9.17) is 17.3 Å². The van der Waals surface area contributed by atoms with Crippen LogP contribution >= 0.6 is 11.6 Å². The van der Waals surface area contributed by atoms with Gasteiger partial charge >= 0.3 is 0 Å². The maximum Gasteiger partial charge on any atom is 0.278 e. The number of nitrogens with two attached hydrogens (primary N) is 1. The summed E-state index contributed by atoms with van der Waals surface area (Å²) in [6.45, 7) is 1.92. The normalized spacial score (nSPS) is 10.4. The van der Waals surface area contributed by atoms with E-state index >= 15 is 0 Å². The van der Waals surface area contributed by atoms with Crippen LogP contribution in [0.1, 0.15) is 16.1 Å². The first-order valence-corrected chi connectivity index (χ1v) is 5.72. The molecule has 0 fully saturated rings. The van der Waals surface area contributed by atoms with Crippen LogP contribution in [0.5, 0.6) is 0 Å². The van der Waals surface area contributed by atoms with E-state index in [1.54, 1.807) is 25.4 Å². The number of hydrogen-bond donors (Lipinski definition) is 2. The molecule has 0 radical (unpaired) electrons. The van der Waals surface area contributed by atoms with Gasteiger partial charge < -0.3 is 11.1 Å². The van der Waals surface area contributed by atoms with Gasteiger partial charge in [0.1, 0.15) is 0 Å². The first-order valence-electron chi connectivity index (χ1n) is 5.34. The fourth-order valence-corrected chi connectivity index (χ4v) is 1.76. The highest BCUT2D eigenvalue weighted by molar-refractivity contribution is 6.34. The third kappa shape index (κ3) is 2.46. The fraction of sp³-hybridized carbons (Fsp3) is 0.167. The summed E-state index contributed by atoms with van der Waals surface area (Å²) >= 11 is 6.00. The third-order valence-electron chi connectivity index (χ3n) is 2.44. The van der Waals surface area contributed by atoms with Gasteiger partial charge in [-0.15, -0.1) is 0 Å². The second-order valence-corrected chi connectivity index (χ2v) is 4.45. The molecule has 0 bridgehead atoms. The highest BCUT2D eigenvalue weighted by Crippen LogP contribution is 2.23. The van der Waals surface area contributed by atoms with Crippen molar-refractivity contribution in [1.29, 1.82) is 0 Å². The van der Waals surface area contributed by atoms with Gasteiger partial charge in [-0.1, -0.05) is 17.7 Å². The first-order chi connectivity index (χ1) is 8.47. The van der Waals surface area contributed by atoms with Gasteiger partial charge in [0, 0.05) is 13.2 Å². The van der Waals surface area contributed by atoms with Crippen LogP contribution in [0.2, 0.25) is 5.02 Å². The lowest BCUT2D eigenvalue weighted by Crippen LogP contribution is -2.15. The maximum absolute atomic E-state index is 12.0. The molecule has 0 aliphatic heterocycles. The van der Waals surface area contributed by atoms with Crippen molar-refractivity contribution in [3.63, 3.8) is 0 Å². The second kappa shape index (κ2) is 4.70. The van der Waals surface area contributed by atoms with Crippen molar-refractivity contribution in [1.82, 2.24) is 9.78 Å². The van der Waals surface area contributed by atoms with Crippen LogP contribution in [0.25, 0.3) is 0 Å². The molecule has 94 valence electrons. The lowest BCUT2D eigenvalue weighted by molar-refractivity contribution is 0.102. The predicted octanol–water partition coefficient (Wildman–Crippen LogP) is 2.22. The molecule has 1 heterocycles. The molecule has 0 spiro atoms. The summed E-state index contributed by atoms with van der Waals surface area (Å²) in [4.78, 5) is 12.0. The molecule has 2 aromatic rings. The van der Waals surface area contributed by atoms with Gasteiger partial charge in [0.15, 0.2) is 5.69 Å². The molecule has 0 saturated heterocycles. The summed E-state index contributed by atoms with van der Waals surface area (Å²) in [7, 11) is 1.70. The topological polar surface area (TPSA) is 72.9 Å². The molecule has 6 heteroatoms. The van der Waals surface area contributed by atoms with Crippen LogP contribution in [0.15, 0.2) is 24.4 Å². The highest BCUT2D eigenvalue weighted by Gasteiger charge is 2.15. The quantitative estimate of drug-likeness (QED) is 0.873. The molecule has 1 amide bonds. The second-order valence-electron chi connectivity index (χ2n) is 4.04. The Morgan fingerprint density at radius 2 is 2.22 bits per heavy atom. The van der Waals surface area contributed by atoms with Crippen molar-refractivity contribution in [2.24, 2.45) is 7.05 Å². The summed E-state index contributed by atoms with van der Waals surface area (Å²) in [5, 5.41) is 7.17. The number of nitrogens with one attached hydrogen (secondary N) is 1. The van der Waals surface area contributed by atoms with E-state index in [9.17, 15) is 4.79 Å². The molecule has 2 rings (SSSR count). The van der Waals surface area contributed by atoms with E-state index < -0.39 is 0 Å². The maximum atomic E-state index is 12.0. The van der Waals surface area contributed by atoms with Crippen LogP contribution in [0.3, 0.4) is 0 Å². The molecule has 5 nitrogen and oxygen atoms in total. The zero-order valence-corrected chi connectivity index (χ0v) is 10.8. The molecule has 0 unspecified atom stereocenters. The Morgan fingerprint density at radius 3 is 2.83 bits per heavy atom. The number of hydrogen-bond acceptors (Lipinski definition) is 3. The monoisotopic (exact) mass is 264 g/mol. The number of nitrogens with zero attached hydrogens (tertiary/aromatic N) is 2. The zero-order chi connectivity index (χ0) is 13.3. The zero-order valence-electron chi connectivity index (χ0n) is 10.1. The van der Waals surface area contributed by atoms with Gasteiger partial charge in [-0.25, -0.2) is 0 Å². The number of carbonyl (C=O) groups is 1. The Balaban J connectivity index is 2.26. The Bertz CT molecular complexity index is 606. The summed E-state index contributed by atoms with van der Waals surface area (Å²) in [5.74, 6) is -0.374. The van der Waals surface area contributed by atoms with Gasteiger partial charge in [0.2, 0.25) is 0 Å². The minimum absolute atomic E-state index is 0.190. The number of carbonyl (C=O) groups excluding carboxylic acids is 1. The number of halogens is 1. The minimum Gasteiger partial charge on any atom is -0.396 e. The van der Waals surface area contributed by atoms with Gasteiger partial charge in [-0.3, -0.25) is 9.48 Å². The molecule has 1 aromatic carbocycles. The molecule has 18 heavy (non-hydrogen) atoms. The fourth-order valence-electron chi connectivity index (χ4n) is 1.60. The Kier molecular flexibility index (Phi) is 3.25. The number of aryl methyl sites for hydroxylation is 2. The third-order valence-corrected chi connectivity index (χ3v) is 2.77. The summed E-state index contributed by atoms with van der Waals surface area (Å²) < 4.78 is 1.49. The molecule has 0 atom stereocenters. The standard InChI is InChI=1S/C12H13ClN4O/c1-7-3-4-8(13)10(5-7)15-12(18)11-9(14)6-17(2)16-11/h3-6H,14H2,1-2H3,(H,15,18). The van der Waals surface area contributed by atoms with Gasteiger partial charge in [0.25, 0.3) is 5.91 Å². The number of benzene rings is 1. The van der Waals surface area contributed by atoms with Crippen LogP contribution < -0.4 is 11.1 Å². The van der Waals surface area contributed by atoms with E-state index in [0.29, 0.717) is 16.4 Å². The summed E-state index contributed by atoms with van der Waals surface area (Å²) in [5.41, 5.74) is 7.76. The Morgan fingerprint density at radius 1 is 1.50 bits per heavy atom. The lowest BCUT2D eigenvalue weighted by atomic mass is 10.2. The van der Waals surface area contributed by atoms with E-state index in [2.05, 4.69) is 10.4 Å². The van der Waals surface area contributed by atoms with E-state index in [-0.39, 0.29) is 11.6 Å². The van der Waals surface area contributed by atoms with Crippen LogP contribution in [0, 0.1) is 6.92 Å². The van der Waals surface area contributed by atoms with E-state index in [0.717, 1.165) is 5.56 Å². The number of nitrogen functional groups attached to an aromatic ring is 1. The van der Waals surface area contributed by atoms with Crippen molar-refractivity contribution >= 4 is 28.9 Å². The summed E-state index contributed by atoms with van der Waals surface area (Å²) in [6.07, 6.45) is 1.58. The summed E-state index contributed by atoms with van der Waals surface area (Å²) in [6, 6.07) is 5.39. The van der Waals surface area contributed by atoms with Crippen molar-refractivity contribution in [2.45, 2.75) is 6.92 Å². The van der Waals surface area contributed by atoms with Crippen molar-refractivity contribution in [3.8, 4) is 0 Å². The average molecular weight is 265 g/mol. The Labute approximate surface area is 110 Å². The van der Waals surface area contributed by atoms with E-state index in [1.807, 2.05) is 13.0 Å². The predicted molar refractivity (Wildman–Crippen MR) is 71.8 cm³/mol. The minimum atomic E-state index is -0.374. The molecule has 0 aliphatic rings. The van der Waals surface area contributed by atoms with Gasteiger partial charge in [-0.05, 0) is 24.6 Å². The number of rotatable bonds is 2. The van der Waals surface area contributed by atoms with Gasteiger partial charge in [-0.2, -0.15) is 5.10 Å². The molecule has 0 aliphatic carbocycles. The first kappa shape index (κ1) is 12.4. The molecular weight excluding hydrogens is 252 g/mol. The SMILES string of the molecule is Cc1ccc(Cl)c(NC(=O)c2nn(C)cc2N)c1. The smallest absolute Gasteiger partial charge is 0.278 e. The molecule has 0 saturated carbocycles.